The average Bonchev–Trinajstić information content (AvgIpc) is 1.58. The molecule has 0 saturated carbocycles. The first-order chi connectivity index (χ1) is 41.2. The van der Waals surface area contributed by atoms with Crippen LogP contribution in [0.5, 0.6) is 0 Å². The van der Waals surface area contributed by atoms with Crippen LogP contribution in [0.1, 0.15) is 49.9 Å². The van der Waals surface area contributed by atoms with E-state index in [4.69, 9.17) is 0 Å². The van der Waals surface area contributed by atoms with Gasteiger partial charge in [0.25, 0.3) is 0 Å². The molecule has 0 bridgehead atoms. The number of rotatable bonds is 12. The second kappa shape index (κ2) is 20.2. The van der Waals surface area contributed by atoms with Gasteiger partial charge in [0.05, 0.1) is 11.4 Å². The highest BCUT2D eigenvalue weighted by Gasteiger charge is 2.47. The molecular weight excluding hydrogens is 1020 g/mol. The molecule has 0 radical (unpaired) electrons. The normalized spacial score (nSPS) is 13.2. The summed E-state index contributed by atoms with van der Waals surface area (Å²) in [6, 6.07) is 111. The number of hydrogen-bond acceptors (Lipinski definition) is 4. The molecule has 4 nitrogen and oxygen atoms in total. The Bertz CT molecular complexity index is 4190. The van der Waals surface area contributed by atoms with Crippen molar-refractivity contribution >= 4 is 89.8 Å². The van der Waals surface area contributed by atoms with E-state index in [-0.39, 0.29) is 10.8 Å². The molecule has 402 valence electrons. The first-order valence-corrected chi connectivity index (χ1v) is 29.3. The minimum absolute atomic E-state index is 0.365. The highest BCUT2D eigenvalue weighted by atomic mass is 15.2. The number of anilines is 12. The molecule has 13 aromatic rings. The van der Waals surface area contributed by atoms with Gasteiger partial charge in [-0.05, 0) is 189 Å². The van der Waals surface area contributed by atoms with E-state index in [1.807, 2.05) is 0 Å². The van der Waals surface area contributed by atoms with Crippen LogP contribution >= 0.6 is 0 Å². The minimum Gasteiger partial charge on any atom is -0.311 e. The summed E-state index contributed by atoms with van der Waals surface area (Å²) in [5.41, 5.74) is 23.4. The molecular formula is C80H62N4. The number of fused-ring (bicyclic) bond motifs is 11. The lowest BCUT2D eigenvalue weighted by molar-refractivity contribution is 0.601. The van der Waals surface area contributed by atoms with Crippen molar-refractivity contribution in [2.24, 2.45) is 0 Å². The van der Waals surface area contributed by atoms with Crippen molar-refractivity contribution in [2.45, 2.75) is 38.5 Å². The molecule has 2 aliphatic carbocycles. The summed E-state index contributed by atoms with van der Waals surface area (Å²) >= 11 is 0. The Morgan fingerprint density at radius 3 is 0.702 bits per heavy atom. The van der Waals surface area contributed by atoms with Crippen molar-refractivity contribution < 1.29 is 0 Å². The lowest BCUT2D eigenvalue weighted by Crippen LogP contribution is -2.24. The fraction of sp³-hybridized carbons (Fsp3) is 0.0750. The molecule has 0 unspecified atom stereocenters. The van der Waals surface area contributed by atoms with Crippen LogP contribution in [0.4, 0.5) is 68.2 Å². The maximum Gasteiger partial charge on any atom is 0.0543 e. The van der Waals surface area contributed by atoms with Gasteiger partial charge in [-0.2, -0.15) is 0 Å². The van der Waals surface area contributed by atoms with Gasteiger partial charge in [0.15, 0.2) is 0 Å². The fourth-order valence-electron chi connectivity index (χ4n) is 13.9. The second-order valence-electron chi connectivity index (χ2n) is 23.3. The Hall–Kier alpha value is -10.4. The number of para-hydroxylation sites is 6. The van der Waals surface area contributed by atoms with Crippen molar-refractivity contribution in [1.29, 1.82) is 0 Å². The molecule has 0 N–H and O–H groups in total. The lowest BCUT2D eigenvalue weighted by atomic mass is 9.72. The molecule has 0 atom stereocenters. The third-order valence-electron chi connectivity index (χ3n) is 17.7. The summed E-state index contributed by atoms with van der Waals surface area (Å²) in [7, 11) is 0. The van der Waals surface area contributed by atoms with Gasteiger partial charge in [0, 0.05) is 78.5 Å². The van der Waals surface area contributed by atoms with E-state index in [1.165, 1.54) is 66.1 Å². The molecule has 13 aromatic carbocycles. The van der Waals surface area contributed by atoms with Gasteiger partial charge in [-0.15, -0.1) is 0 Å². The van der Waals surface area contributed by atoms with E-state index in [0.717, 1.165) is 68.2 Å². The van der Waals surface area contributed by atoms with Gasteiger partial charge in [-0.3, -0.25) is 0 Å². The van der Waals surface area contributed by atoms with Crippen LogP contribution in [0.15, 0.2) is 303 Å². The highest BCUT2D eigenvalue weighted by molar-refractivity contribution is 6.14. The summed E-state index contributed by atoms with van der Waals surface area (Å²) in [4.78, 5) is 9.59. The third kappa shape index (κ3) is 8.20. The van der Waals surface area contributed by atoms with Crippen molar-refractivity contribution in [2.75, 3.05) is 19.6 Å². The predicted octanol–water partition coefficient (Wildman–Crippen LogP) is 22.5. The van der Waals surface area contributed by atoms with Crippen LogP contribution in [-0.4, -0.2) is 0 Å². The largest absolute Gasteiger partial charge is 0.311 e. The Morgan fingerprint density at radius 1 is 0.214 bits per heavy atom. The van der Waals surface area contributed by atoms with Crippen LogP contribution in [0.3, 0.4) is 0 Å². The summed E-state index contributed by atoms with van der Waals surface area (Å²) in [6.45, 7) is 9.89. The first kappa shape index (κ1) is 50.5. The molecule has 0 aromatic heterocycles. The molecule has 15 rings (SSSR count). The van der Waals surface area contributed by atoms with Crippen LogP contribution in [0.25, 0.3) is 43.8 Å². The van der Waals surface area contributed by atoms with Gasteiger partial charge in [0.2, 0.25) is 0 Å². The molecule has 0 saturated heterocycles. The summed E-state index contributed by atoms with van der Waals surface area (Å²) in [5.74, 6) is 0. The zero-order valence-electron chi connectivity index (χ0n) is 47.7. The van der Waals surface area contributed by atoms with Crippen LogP contribution in [0.2, 0.25) is 0 Å². The average molecular weight is 1080 g/mol. The molecule has 0 heterocycles. The smallest absolute Gasteiger partial charge is 0.0543 e. The van der Waals surface area contributed by atoms with E-state index in [0.29, 0.717) is 0 Å². The van der Waals surface area contributed by atoms with Crippen molar-refractivity contribution in [1.82, 2.24) is 0 Å². The first-order valence-electron chi connectivity index (χ1n) is 29.3. The van der Waals surface area contributed by atoms with E-state index >= 15 is 0 Å². The summed E-state index contributed by atoms with van der Waals surface area (Å²) in [6.07, 6.45) is 0. The third-order valence-corrected chi connectivity index (χ3v) is 17.7. The maximum absolute atomic E-state index is 2.52. The summed E-state index contributed by atoms with van der Waals surface area (Å²) in [5, 5.41) is 4.94. The molecule has 0 spiro atoms. The van der Waals surface area contributed by atoms with Crippen molar-refractivity contribution in [3.63, 3.8) is 0 Å². The van der Waals surface area contributed by atoms with Gasteiger partial charge < -0.3 is 19.6 Å². The molecule has 0 amide bonds. The monoisotopic (exact) mass is 1080 g/mol. The number of nitrogens with zero attached hydrogens (tertiary/aromatic N) is 4. The molecule has 4 heteroatoms. The Morgan fingerprint density at radius 2 is 0.429 bits per heavy atom. The standard InChI is InChI=1S/C80H62N4/c1-79(2)71-53-73(83(59-35-19-9-20-36-59)63-47-43-61(44-48-63)81(55-27-11-5-12-28-55)56-29-13-6-14-30-56)65-39-23-25-41-67(65)75(71)69-51-52-70-76-68-42-26-24-40-66(68)74(54-72(76)80(3,4)78(70)77(69)79)84(60-37-21-10-22-38-60)64-49-45-62(46-50-64)82(57-31-15-7-16-32-57)58-33-17-8-18-34-58/h5-54H,1-4H3. The molecule has 0 aliphatic heterocycles. The van der Waals surface area contributed by atoms with Crippen molar-refractivity contribution in [3.8, 4) is 22.3 Å². The quantitative estimate of drug-likeness (QED) is 0.121. The van der Waals surface area contributed by atoms with E-state index in [2.05, 4.69) is 351 Å². The van der Waals surface area contributed by atoms with Gasteiger partial charge >= 0.3 is 0 Å². The van der Waals surface area contributed by atoms with E-state index in [1.54, 1.807) is 0 Å². The Kier molecular flexibility index (Phi) is 12.2. The van der Waals surface area contributed by atoms with E-state index < -0.39 is 0 Å². The Balaban J connectivity index is 0.865. The zero-order chi connectivity index (χ0) is 56.5. The van der Waals surface area contributed by atoms with Crippen LogP contribution in [0, 0.1) is 0 Å². The predicted molar refractivity (Wildman–Crippen MR) is 355 cm³/mol. The second-order valence-corrected chi connectivity index (χ2v) is 23.3. The minimum atomic E-state index is -0.365. The van der Waals surface area contributed by atoms with Gasteiger partial charge in [-0.25, -0.2) is 0 Å². The molecule has 2 aliphatic rings. The SMILES string of the molecule is CC1(C)c2cc(N(c3ccccc3)c3ccc(N(c4ccccc4)c4ccccc4)cc3)c3ccccc3c2-c2ccc3c(c21)C(C)(C)c1cc(N(c2ccccc2)c2ccc(N(c4ccccc4)c4ccccc4)cc2)c2ccccc2c1-3. The highest BCUT2D eigenvalue weighted by Crippen LogP contribution is 2.63. The molecule has 0 fully saturated rings. The fourth-order valence-corrected chi connectivity index (χ4v) is 13.9. The zero-order valence-corrected chi connectivity index (χ0v) is 47.7. The Labute approximate surface area is 493 Å². The topological polar surface area (TPSA) is 13.0 Å². The van der Waals surface area contributed by atoms with Crippen LogP contribution < -0.4 is 19.6 Å². The van der Waals surface area contributed by atoms with Gasteiger partial charge in [0.1, 0.15) is 0 Å². The van der Waals surface area contributed by atoms with Crippen LogP contribution in [-0.2, 0) is 10.8 Å². The number of benzene rings is 13. The van der Waals surface area contributed by atoms with Crippen molar-refractivity contribution in [3.05, 3.63) is 326 Å². The summed E-state index contributed by atoms with van der Waals surface area (Å²) < 4.78 is 0. The van der Waals surface area contributed by atoms with Gasteiger partial charge in [-0.1, -0.05) is 198 Å². The lowest BCUT2D eigenvalue weighted by Gasteiger charge is -2.33. The number of hydrogen-bond donors (Lipinski definition) is 0. The maximum atomic E-state index is 2.52. The molecule has 84 heavy (non-hydrogen) atoms. The van der Waals surface area contributed by atoms with E-state index in [9.17, 15) is 0 Å².